The van der Waals surface area contributed by atoms with Gasteiger partial charge in [0.15, 0.2) is 0 Å². The molecule has 2 nitrogen and oxygen atoms in total. The van der Waals surface area contributed by atoms with E-state index in [9.17, 15) is 0 Å². The first-order valence-corrected chi connectivity index (χ1v) is 4.31. The van der Waals surface area contributed by atoms with Crippen LogP contribution in [0.1, 0.15) is 18.9 Å². The number of anilines is 1. The summed E-state index contributed by atoms with van der Waals surface area (Å²) in [5, 5.41) is 12.2. The van der Waals surface area contributed by atoms with Crippen LogP contribution in [0, 0.1) is 0 Å². The molecule has 0 aliphatic rings. The highest BCUT2D eigenvalue weighted by molar-refractivity contribution is 5.50. The van der Waals surface area contributed by atoms with E-state index in [4.69, 9.17) is 5.11 Å². The second-order valence-corrected chi connectivity index (χ2v) is 2.74. The van der Waals surface area contributed by atoms with Crippen molar-refractivity contribution in [3.8, 4) is 0 Å². The van der Waals surface area contributed by atoms with Crippen molar-refractivity contribution >= 4 is 5.69 Å². The summed E-state index contributed by atoms with van der Waals surface area (Å²) < 4.78 is 0. The fourth-order valence-electron chi connectivity index (χ4n) is 1.09. The molecule has 0 saturated carbocycles. The molecule has 0 heterocycles. The maximum atomic E-state index is 8.98. The van der Waals surface area contributed by atoms with Crippen LogP contribution < -0.4 is 5.32 Å². The summed E-state index contributed by atoms with van der Waals surface area (Å²) in [5.74, 6) is 0. The van der Waals surface area contributed by atoms with Gasteiger partial charge in [-0.05, 0) is 12.5 Å². The number of hydrogen-bond acceptors (Lipinski definition) is 2. The number of rotatable bonds is 4. The molecular formula is C10H15NO. The molecule has 12 heavy (non-hydrogen) atoms. The quantitative estimate of drug-likeness (QED) is 0.715. The van der Waals surface area contributed by atoms with Crippen molar-refractivity contribution in [2.24, 2.45) is 0 Å². The average Bonchev–Trinajstić information content (AvgIpc) is 2.15. The van der Waals surface area contributed by atoms with Gasteiger partial charge in [-0.15, -0.1) is 0 Å². The largest absolute Gasteiger partial charge is 0.392 e. The molecule has 1 rings (SSSR count). The molecule has 0 atom stereocenters. The number of aliphatic hydroxyl groups excluding tert-OH is 1. The fourth-order valence-corrected chi connectivity index (χ4v) is 1.09. The van der Waals surface area contributed by atoms with E-state index < -0.39 is 0 Å². The van der Waals surface area contributed by atoms with Crippen molar-refractivity contribution in [2.75, 3.05) is 11.9 Å². The lowest BCUT2D eigenvalue weighted by Crippen LogP contribution is -2.02. The summed E-state index contributed by atoms with van der Waals surface area (Å²) >= 11 is 0. The molecule has 1 aromatic rings. The summed E-state index contributed by atoms with van der Waals surface area (Å²) in [6, 6.07) is 7.82. The molecule has 0 fully saturated rings. The molecule has 0 spiro atoms. The van der Waals surface area contributed by atoms with E-state index in [-0.39, 0.29) is 6.61 Å². The predicted octanol–water partition coefficient (Wildman–Crippen LogP) is 2.00. The predicted molar refractivity (Wildman–Crippen MR) is 51.1 cm³/mol. The van der Waals surface area contributed by atoms with Gasteiger partial charge < -0.3 is 10.4 Å². The molecule has 0 amide bonds. The molecule has 0 unspecified atom stereocenters. The number of para-hydroxylation sites is 1. The van der Waals surface area contributed by atoms with Gasteiger partial charge in [0.25, 0.3) is 0 Å². The van der Waals surface area contributed by atoms with Crippen LogP contribution in [-0.4, -0.2) is 11.7 Å². The Bertz CT molecular complexity index is 235. The van der Waals surface area contributed by atoms with Gasteiger partial charge in [-0.25, -0.2) is 0 Å². The van der Waals surface area contributed by atoms with E-state index in [1.807, 2.05) is 24.3 Å². The van der Waals surface area contributed by atoms with Gasteiger partial charge in [0.1, 0.15) is 0 Å². The van der Waals surface area contributed by atoms with Gasteiger partial charge in [0.2, 0.25) is 0 Å². The van der Waals surface area contributed by atoms with Gasteiger partial charge in [-0.1, -0.05) is 25.1 Å². The Balaban J connectivity index is 2.68. The van der Waals surface area contributed by atoms with Crippen LogP contribution in [0.15, 0.2) is 24.3 Å². The van der Waals surface area contributed by atoms with Crippen molar-refractivity contribution in [3.05, 3.63) is 29.8 Å². The molecular weight excluding hydrogens is 150 g/mol. The number of hydrogen-bond donors (Lipinski definition) is 2. The smallest absolute Gasteiger partial charge is 0.0701 e. The van der Waals surface area contributed by atoms with Crippen LogP contribution in [0.25, 0.3) is 0 Å². The van der Waals surface area contributed by atoms with E-state index in [1.54, 1.807) is 0 Å². The molecule has 0 bridgehead atoms. The summed E-state index contributed by atoms with van der Waals surface area (Å²) in [6.45, 7) is 3.18. The van der Waals surface area contributed by atoms with Crippen molar-refractivity contribution in [1.29, 1.82) is 0 Å². The minimum atomic E-state index is 0.104. The molecule has 2 heteroatoms. The Morgan fingerprint density at radius 1 is 1.33 bits per heavy atom. The molecule has 66 valence electrons. The lowest BCUT2D eigenvalue weighted by Gasteiger charge is -2.08. The van der Waals surface area contributed by atoms with E-state index >= 15 is 0 Å². The highest BCUT2D eigenvalue weighted by Crippen LogP contribution is 2.14. The summed E-state index contributed by atoms with van der Waals surface area (Å²) in [5.41, 5.74) is 2.01. The molecule has 0 aromatic heterocycles. The van der Waals surface area contributed by atoms with E-state index in [0.29, 0.717) is 0 Å². The SMILES string of the molecule is CCCNc1ccccc1CO. The molecule has 0 saturated heterocycles. The Morgan fingerprint density at radius 3 is 2.75 bits per heavy atom. The van der Waals surface area contributed by atoms with Crippen LogP contribution in [0.4, 0.5) is 5.69 Å². The van der Waals surface area contributed by atoms with Crippen molar-refractivity contribution in [3.63, 3.8) is 0 Å². The van der Waals surface area contributed by atoms with Gasteiger partial charge in [-0.2, -0.15) is 0 Å². The van der Waals surface area contributed by atoms with Crippen LogP contribution in [-0.2, 0) is 6.61 Å². The average molecular weight is 165 g/mol. The van der Waals surface area contributed by atoms with E-state index in [1.165, 1.54) is 0 Å². The minimum Gasteiger partial charge on any atom is -0.392 e. The Hall–Kier alpha value is -1.02. The zero-order valence-corrected chi connectivity index (χ0v) is 7.38. The van der Waals surface area contributed by atoms with Crippen LogP contribution in [0.2, 0.25) is 0 Å². The summed E-state index contributed by atoms with van der Waals surface area (Å²) in [4.78, 5) is 0. The first-order chi connectivity index (χ1) is 5.88. The Morgan fingerprint density at radius 2 is 2.08 bits per heavy atom. The second-order valence-electron chi connectivity index (χ2n) is 2.74. The van der Waals surface area contributed by atoms with Gasteiger partial charge >= 0.3 is 0 Å². The van der Waals surface area contributed by atoms with E-state index in [2.05, 4.69) is 12.2 Å². The van der Waals surface area contributed by atoms with Crippen molar-refractivity contribution < 1.29 is 5.11 Å². The van der Waals surface area contributed by atoms with Crippen LogP contribution >= 0.6 is 0 Å². The topological polar surface area (TPSA) is 32.3 Å². The second kappa shape index (κ2) is 4.78. The molecule has 0 radical (unpaired) electrons. The standard InChI is InChI=1S/C10H15NO/c1-2-7-11-10-6-4-3-5-9(10)8-12/h3-6,11-12H,2,7-8H2,1H3. The highest BCUT2D eigenvalue weighted by Gasteiger charge is 1.97. The van der Waals surface area contributed by atoms with E-state index in [0.717, 1.165) is 24.2 Å². The normalized spacial score (nSPS) is 9.83. The zero-order valence-electron chi connectivity index (χ0n) is 7.38. The lowest BCUT2D eigenvalue weighted by molar-refractivity contribution is 0.282. The lowest BCUT2D eigenvalue weighted by atomic mass is 10.2. The maximum Gasteiger partial charge on any atom is 0.0701 e. The fraction of sp³-hybridized carbons (Fsp3) is 0.400. The van der Waals surface area contributed by atoms with Gasteiger partial charge in [0, 0.05) is 17.8 Å². The van der Waals surface area contributed by atoms with Crippen LogP contribution in [0.5, 0.6) is 0 Å². The first kappa shape index (κ1) is 9.07. The third-order valence-corrected chi connectivity index (χ3v) is 1.75. The van der Waals surface area contributed by atoms with Crippen molar-refractivity contribution in [2.45, 2.75) is 20.0 Å². The van der Waals surface area contributed by atoms with Crippen molar-refractivity contribution in [1.82, 2.24) is 0 Å². The molecule has 1 aromatic carbocycles. The monoisotopic (exact) mass is 165 g/mol. The molecule has 0 aliphatic carbocycles. The Kier molecular flexibility index (Phi) is 3.61. The van der Waals surface area contributed by atoms with Crippen LogP contribution in [0.3, 0.4) is 0 Å². The summed E-state index contributed by atoms with van der Waals surface area (Å²) in [7, 11) is 0. The maximum absolute atomic E-state index is 8.98. The van der Waals surface area contributed by atoms with Gasteiger partial charge in [-0.3, -0.25) is 0 Å². The number of nitrogens with one attached hydrogen (secondary N) is 1. The zero-order chi connectivity index (χ0) is 8.81. The summed E-state index contributed by atoms with van der Waals surface area (Å²) in [6.07, 6.45) is 1.10. The third kappa shape index (κ3) is 2.24. The molecule has 2 N–H and O–H groups in total. The van der Waals surface area contributed by atoms with Gasteiger partial charge in [0.05, 0.1) is 6.61 Å². The molecule has 0 aliphatic heterocycles. The number of aliphatic hydroxyl groups is 1. The third-order valence-electron chi connectivity index (χ3n) is 1.75. The minimum absolute atomic E-state index is 0.104. The highest BCUT2D eigenvalue weighted by atomic mass is 16.3. The Labute approximate surface area is 73.2 Å². The first-order valence-electron chi connectivity index (χ1n) is 4.31. The number of benzene rings is 1.